The van der Waals surface area contributed by atoms with Crippen molar-refractivity contribution in [2.75, 3.05) is 25.5 Å². The molecule has 4 saturated carbocycles. The second-order valence-corrected chi connectivity index (χ2v) is 8.87. The number of ether oxygens (including phenoxy) is 1. The van der Waals surface area contributed by atoms with Gasteiger partial charge in [-0.2, -0.15) is 0 Å². The van der Waals surface area contributed by atoms with Crippen molar-refractivity contribution in [3.63, 3.8) is 0 Å². The van der Waals surface area contributed by atoms with Crippen LogP contribution in [0.5, 0.6) is 0 Å². The van der Waals surface area contributed by atoms with E-state index in [2.05, 4.69) is 5.32 Å². The molecule has 1 aromatic carbocycles. The molecule has 0 aromatic heterocycles. The van der Waals surface area contributed by atoms with Gasteiger partial charge in [-0.1, -0.05) is 0 Å². The molecule has 4 fully saturated rings. The Balaban J connectivity index is 1.23. The second-order valence-electron chi connectivity index (χ2n) is 8.87. The molecule has 1 N–H and O–H groups in total. The monoisotopic (exact) mass is 402 g/mol. The summed E-state index contributed by atoms with van der Waals surface area (Å²) in [6.45, 7) is -0.520. The number of esters is 1. The van der Waals surface area contributed by atoms with Crippen LogP contribution >= 0.6 is 0 Å². The average molecular weight is 402 g/mol. The molecule has 0 radical (unpaired) electrons. The van der Waals surface area contributed by atoms with E-state index in [1.807, 2.05) is 0 Å². The van der Waals surface area contributed by atoms with E-state index < -0.39 is 17.6 Å². The van der Waals surface area contributed by atoms with Crippen LogP contribution in [-0.4, -0.2) is 42.9 Å². The number of benzene rings is 1. The van der Waals surface area contributed by atoms with Crippen molar-refractivity contribution in [3.05, 3.63) is 30.1 Å². The zero-order chi connectivity index (χ0) is 20.5. The summed E-state index contributed by atoms with van der Waals surface area (Å²) in [6, 6.07) is 5.38. The Kier molecular flexibility index (Phi) is 5.56. The summed E-state index contributed by atoms with van der Waals surface area (Å²) in [7, 11) is 1.49. The molecule has 0 unspecified atom stereocenters. The Bertz CT molecular complexity index is 767. The molecule has 7 heteroatoms. The normalized spacial score (nSPS) is 29.4. The summed E-state index contributed by atoms with van der Waals surface area (Å²) in [4.78, 5) is 38.2. The zero-order valence-corrected chi connectivity index (χ0v) is 16.6. The maximum Gasteiger partial charge on any atom is 0.310 e. The van der Waals surface area contributed by atoms with E-state index in [4.69, 9.17) is 4.74 Å². The van der Waals surface area contributed by atoms with Gasteiger partial charge in [0.25, 0.3) is 5.91 Å². The fourth-order valence-corrected chi connectivity index (χ4v) is 5.69. The molecule has 0 heterocycles. The lowest BCUT2D eigenvalue weighted by Crippen LogP contribution is -2.49. The maximum absolute atomic E-state index is 12.9. The molecule has 2 amide bonds. The number of amides is 2. The van der Waals surface area contributed by atoms with Crippen molar-refractivity contribution >= 4 is 23.5 Å². The molecule has 29 heavy (non-hydrogen) atoms. The first-order valence-corrected chi connectivity index (χ1v) is 10.3. The Labute approximate surface area is 169 Å². The third kappa shape index (κ3) is 4.43. The van der Waals surface area contributed by atoms with Crippen molar-refractivity contribution in [1.82, 2.24) is 4.90 Å². The second kappa shape index (κ2) is 8.13. The molecule has 4 aliphatic carbocycles. The average Bonchev–Trinajstić information content (AvgIpc) is 2.67. The third-order valence-corrected chi connectivity index (χ3v) is 6.77. The van der Waals surface area contributed by atoms with Crippen molar-refractivity contribution in [3.8, 4) is 0 Å². The zero-order valence-electron chi connectivity index (χ0n) is 16.6. The van der Waals surface area contributed by atoms with Gasteiger partial charge in [-0.25, -0.2) is 4.39 Å². The lowest BCUT2D eigenvalue weighted by atomic mass is 9.52. The van der Waals surface area contributed by atoms with Gasteiger partial charge in [-0.3, -0.25) is 14.4 Å². The predicted octanol–water partition coefficient (Wildman–Crippen LogP) is 2.84. The summed E-state index contributed by atoms with van der Waals surface area (Å²) in [5.74, 6) is 0.829. The number of hydrogen-bond acceptors (Lipinski definition) is 4. The first kappa shape index (κ1) is 19.9. The van der Waals surface area contributed by atoms with Crippen LogP contribution < -0.4 is 5.32 Å². The van der Waals surface area contributed by atoms with Gasteiger partial charge in [0.2, 0.25) is 5.91 Å². The smallest absolute Gasteiger partial charge is 0.310 e. The van der Waals surface area contributed by atoms with Crippen LogP contribution in [-0.2, 0) is 19.1 Å². The number of anilines is 1. The van der Waals surface area contributed by atoms with E-state index in [1.165, 1.54) is 42.6 Å². The molecule has 0 atom stereocenters. The molecule has 5 rings (SSSR count). The number of carbonyl (C=O) groups is 3. The first-order valence-electron chi connectivity index (χ1n) is 10.3. The summed E-state index contributed by atoms with van der Waals surface area (Å²) in [6.07, 6.45) is 5.78. The molecule has 0 spiro atoms. The van der Waals surface area contributed by atoms with Gasteiger partial charge in [0.15, 0.2) is 6.61 Å². The molecule has 6 nitrogen and oxygen atoms in total. The molecular formula is C22H27FN2O4. The molecule has 156 valence electrons. The fourth-order valence-electron chi connectivity index (χ4n) is 5.69. The molecule has 0 saturated heterocycles. The van der Waals surface area contributed by atoms with Crippen LogP contribution in [0.1, 0.15) is 32.1 Å². The van der Waals surface area contributed by atoms with Crippen LogP contribution in [0.3, 0.4) is 0 Å². The lowest BCUT2D eigenvalue weighted by Gasteiger charge is -2.53. The number of hydrogen-bond donors (Lipinski definition) is 1. The first-order chi connectivity index (χ1) is 13.9. The largest absolute Gasteiger partial charge is 0.455 e. The predicted molar refractivity (Wildman–Crippen MR) is 104 cm³/mol. The minimum Gasteiger partial charge on any atom is -0.455 e. The molecule has 4 aliphatic rings. The van der Waals surface area contributed by atoms with E-state index in [0.29, 0.717) is 17.5 Å². The highest BCUT2D eigenvalue weighted by atomic mass is 19.1. The standard InChI is InChI=1S/C22H27FN2O4/c1-25(11-19(26)24-18-4-2-17(23)3-5-18)20(27)12-29-22(28)21-15-7-13-6-14(9-15)10-16(21)8-13/h2-5,13-16,21H,6-12H2,1H3,(H,24,26). The van der Waals surface area contributed by atoms with Crippen LogP contribution in [0, 0.1) is 35.4 Å². The highest BCUT2D eigenvalue weighted by molar-refractivity contribution is 5.94. The van der Waals surface area contributed by atoms with Gasteiger partial charge in [-0.15, -0.1) is 0 Å². The number of nitrogens with one attached hydrogen (secondary N) is 1. The number of rotatable bonds is 6. The van der Waals surface area contributed by atoms with Crippen LogP contribution in [0.25, 0.3) is 0 Å². The van der Waals surface area contributed by atoms with Crippen molar-refractivity contribution in [1.29, 1.82) is 0 Å². The lowest BCUT2D eigenvalue weighted by molar-refractivity contribution is -0.166. The Morgan fingerprint density at radius 1 is 1.03 bits per heavy atom. The maximum atomic E-state index is 12.9. The van der Waals surface area contributed by atoms with E-state index in [0.717, 1.165) is 37.5 Å². The summed E-state index contributed by atoms with van der Waals surface area (Å²) in [5.41, 5.74) is 0.450. The minimum absolute atomic E-state index is 0.0670. The van der Waals surface area contributed by atoms with E-state index >= 15 is 0 Å². The van der Waals surface area contributed by atoms with Crippen molar-refractivity contribution in [2.45, 2.75) is 32.1 Å². The van der Waals surface area contributed by atoms with Crippen molar-refractivity contribution in [2.24, 2.45) is 29.6 Å². The van der Waals surface area contributed by atoms with E-state index in [1.54, 1.807) is 0 Å². The SMILES string of the molecule is CN(CC(=O)Nc1ccc(F)cc1)C(=O)COC(=O)C1C2CC3CC(C2)CC1C3. The topological polar surface area (TPSA) is 75.7 Å². The molecule has 1 aromatic rings. The third-order valence-electron chi connectivity index (χ3n) is 6.77. The van der Waals surface area contributed by atoms with Gasteiger partial charge in [0, 0.05) is 12.7 Å². The highest BCUT2D eigenvalue weighted by Gasteiger charge is 2.51. The number of halogens is 1. The Morgan fingerprint density at radius 2 is 1.62 bits per heavy atom. The van der Waals surface area contributed by atoms with Crippen LogP contribution in [0.15, 0.2) is 24.3 Å². The summed E-state index contributed by atoms with van der Waals surface area (Å²) >= 11 is 0. The minimum atomic E-state index is -0.420. The summed E-state index contributed by atoms with van der Waals surface area (Å²) in [5, 5.41) is 2.60. The van der Waals surface area contributed by atoms with Crippen LogP contribution in [0.4, 0.5) is 10.1 Å². The molecular weight excluding hydrogens is 375 g/mol. The highest BCUT2D eigenvalue weighted by Crippen LogP contribution is 2.56. The quantitative estimate of drug-likeness (QED) is 0.743. The molecule has 4 bridgehead atoms. The van der Waals surface area contributed by atoms with Crippen LogP contribution in [0.2, 0.25) is 0 Å². The van der Waals surface area contributed by atoms with Gasteiger partial charge in [0.05, 0.1) is 12.5 Å². The van der Waals surface area contributed by atoms with E-state index in [-0.39, 0.29) is 25.0 Å². The summed E-state index contributed by atoms with van der Waals surface area (Å²) < 4.78 is 18.3. The number of carbonyl (C=O) groups excluding carboxylic acids is 3. The Hall–Kier alpha value is -2.44. The number of likely N-dealkylation sites (N-methyl/N-ethyl adjacent to an activating group) is 1. The van der Waals surface area contributed by atoms with Gasteiger partial charge in [0.1, 0.15) is 5.82 Å². The van der Waals surface area contributed by atoms with Gasteiger partial charge < -0.3 is 15.0 Å². The van der Waals surface area contributed by atoms with E-state index in [9.17, 15) is 18.8 Å². The van der Waals surface area contributed by atoms with Gasteiger partial charge in [-0.05, 0) is 80.0 Å². The number of nitrogens with zero attached hydrogens (tertiary/aromatic N) is 1. The molecule has 0 aliphatic heterocycles. The fraction of sp³-hybridized carbons (Fsp3) is 0.591. The van der Waals surface area contributed by atoms with Gasteiger partial charge >= 0.3 is 5.97 Å². The Morgan fingerprint density at radius 3 is 2.21 bits per heavy atom. The van der Waals surface area contributed by atoms with Crippen molar-refractivity contribution < 1.29 is 23.5 Å².